The molecule has 1 amide bonds. The van der Waals surface area contributed by atoms with E-state index in [0.29, 0.717) is 17.7 Å². The van der Waals surface area contributed by atoms with Crippen LogP contribution in [-0.4, -0.2) is 44.9 Å². The molecule has 0 aliphatic rings. The Morgan fingerprint density at radius 3 is 2.64 bits per heavy atom. The highest BCUT2D eigenvalue weighted by atomic mass is 32.2. The number of pyridine rings is 2. The lowest BCUT2D eigenvalue weighted by molar-refractivity contribution is 0.102. The molecule has 0 atom stereocenters. The maximum atomic E-state index is 13.3. The summed E-state index contributed by atoms with van der Waals surface area (Å²) in [4.78, 5) is 29.7. The maximum Gasteiger partial charge on any atom is 0.274 e. The second-order valence-corrected chi connectivity index (χ2v) is 11.5. The van der Waals surface area contributed by atoms with E-state index in [1.165, 1.54) is 12.3 Å². The lowest BCUT2D eigenvalue weighted by atomic mass is 10.0. The third-order valence-electron chi connectivity index (χ3n) is 6.58. The van der Waals surface area contributed by atoms with E-state index in [-0.39, 0.29) is 10.6 Å². The number of hydrogen-bond donors (Lipinski definition) is 2. The number of nitrogens with one attached hydrogen (secondary N) is 2. The zero-order valence-corrected chi connectivity index (χ0v) is 22.0. The summed E-state index contributed by atoms with van der Waals surface area (Å²) in [6, 6.07) is 18.6. The van der Waals surface area contributed by atoms with Gasteiger partial charge in [0, 0.05) is 36.1 Å². The van der Waals surface area contributed by atoms with Crippen molar-refractivity contribution in [2.75, 3.05) is 11.6 Å². The normalized spacial score (nSPS) is 11.7. The monoisotopic (exact) mass is 536 g/mol. The van der Waals surface area contributed by atoms with Crippen LogP contribution in [0.1, 0.15) is 27.2 Å². The predicted octanol–water partition coefficient (Wildman–Crippen LogP) is 4.83. The number of nitrogens with zero attached hydrogens (tertiary/aromatic N) is 4. The number of carbonyl (C=O) groups excluding carboxylic acids is 1. The van der Waals surface area contributed by atoms with Gasteiger partial charge in [-0.1, -0.05) is 24.3 Å². The van der Waals surface area contributed by atoms with Crippen molar-refractivity contribution in [3.63, 3.8) is 0 Å². The molecule has 0 aliphatic heterocycles. The van der Waals surface area contributed by atoms with E-state index in [2.05, 4.69) is 20.3 Å². The van der Waals surface area contributed by atoms with Gasteiger partial charge in [-0.25, -0.2) is 23.4 Å². The largest absolute Gasteiger partial charge is 0.345 e. The number of aromatic amines is 1. The number of hydrogen-bond acceptors (Lipinski definition) is 6. The second kappa shape index (κ2) is 9.48. The molecule has 0 saturated heterocycles. The Bertz CT molecular complexity index is 1970. The zero-order chi connectivity index (χ0) is 27.1. The number of amides is 1. The van der Waals surface area contributed by atoms with Gasteiger partial charge in [0.2, 0.25) is 0 Å². The molecule has 194 valence electrons. The van der Waals surface area contributed by atoms with Crippen LogP contribution >= 0.6 is 0 Å². The maximum absolute atomic E-state index is 13.3. The van der Waals surface area contributed by atoms with E-state index in [1.54, 1.807) is 18.5 Å². The van der Waals surface area contributed by atoms with Crippen molar-refractivity contribution in [2.45, 2.75) is 18.2 Å². The molecular weight excluding hydrogens is 512 g/mol. The smallest absolute Gasteiger partial charge is 0.274 e. The van der Waals surface area contributed by atoms with Crippen LogP contribution in [0.5, 0.6) is 0 Å². The van der Waals surface area contributed by atoms with E-state index in [9.17, 15) is 13.2 Å². The van der Waals surface area contributed by atoms with Crippen LogP contribution in [0.2, 0.25) is 0 Å². The Hall–Kier alpha value is -4.83. The third kappa shape index (κ3) is 4.89. The van der Waals surface area contributed by atoms with Gasteiger partial charge < -0.3 is 14.7 Å². The molecule has 4 aromatic heterocycles. The molecule has 0 aliphatic carbocycles. The van der Waals surface area contributed by atoms with Crippen LogP contribution in [0.3, 0.4) is 0 Å². The zero-order valence-electron chi connectivity index (χ0n) is 21.2. The number of fused-ring (bicyclic) bond motifs is 2. The molecule has 2 N–H and O–H groups in total. The first kappa shape index (κ1) is 24.5. The fourth-order valence-corrected chi connectivity index (χ4v) is 5.15. The van der Waals surface area contributed by atoms with Gasteiger partial charge in [-0.05, 0) is 66.4 Å². The van der Waals surface area contributed by atoms with Gasteiger partial charge in [0.1, 0.15) is 11.3 Å². The number of rotatable bonds is 6. The number of carbonyl (C=O) groups is 1. The minimum Gasteiger partial charge on any atom is -0.345 e. The lowest BCUT2D eigenvalue weighted by Gasteiger charge is -2.12. The van der Waals surface area contributed by atoms with E-state index in [1.807, 2.05) is 66.2 Å². The number of anilines is 1. The molecule has 4 heterocycles. The van der Waals surface area contributed by atoms with Gasteiger partial charge in [-0.3, -0.25) is 4.79 Å². The Balaban J connectivity index is 1.28. The summed E-state index contributed by atoms with van der Waals surface area (Å²) >= 11 is 0. The highest BCUT2D eigenvalue weighted by Crippen LogP contribution is 2.24. The van der Waals surface area contributed by atoms with Gasteiger partial charge in [0.25, 0.3) is 5.91 Å². The van der Waals surface area contributed by atoms with Crippen molar-refractivity contribution in [3.05, 3.63) is 108 Å². The summed E-state index contributed by atoms with van der Waals surface area (Å²) in [5.41, 5.74) is 7.54. The van der Waals surface area contributed by atoms with E-state index in [0.717, 1.165) is 45.3 Å². The summed E-state index contributed by atoms with van der Waals surface area (Å²) in [6.07, 6.45) is 8.20. The number of aryl methyl sites for hydroxylation is 1. The second-order valence-electron chi connectivity index (χ2n) is 9.46. The van der Waals surface area contributed by atoms with Gasteiger partial charge in [0.15, 0.2) is 9.84 Å². The van der Waals surface area contributed by atoms with Crippen LogP contribution in [0.15, 0.2) is 90.5 Å². The minimum atomic E-state index is -3.51. The van der Waals surface area contributed by atoms with Crippen molar-refractivity contribution in [1.29, 1.82) is 0 Å². The Morgan fingerprint density at radius 1 is 1.05 bits per heavy atom. The predicted molar refractivity (Wildman–Crippen MR) is 150 cm³/mol. The highest BCUT2D eigenvalue weighted by Gasteiger charge is 2.19. The van der Waals surface area contributed by atoms with E-state index >= 15 is 0 Å². The summed E-state index contributed by atoms with van der Waals surface area (Å²) in [6.45, 7) is 2.02. The van der Waals surface area contributed by atoms with Crippen molar-refractivity contribution in [2.24, 2.45) is 0 Å². The lowest BCUT2D eigenvalue weighted by Crippen LogP contribution is -2.17. The van der Waals surface area contributed by atoms with Crippen molar-refractivity contribution < 1.29 is 13.2 Å². The number of imidazole rings is 2. The third-order valence-corrected chi connectivity index (χ3v) is 7.66. The fraction of sp³-hybridized carbons (Fsp3) is 0.103. The number of benzene rings is 2. The van der Waals surface area contributed by atoms with Crippen LogP contribution in [0.4, 0.5) is 5.69 Å². The van der Waals surface area contributed by atoms with Crippen LogP contribution in [-0.2, 0) is 16.3 Å². The summed E-state index contributed by atoms with van der Waals surface area (Å²) in [5.74, 6) is -0.427. The Kier molecular flexibility index (Phi) is 5.96. The number of sulfone groups is 1. The standard InChI is InChI=1S/C29H24N6O3S/c1-18-4-3-11-35-16-26(34-28(18)35)20-6-8-22(9-7-20)33-29(36)27-21(14-23(15-30-27)39(2,37)38)12-19-5-10-24-25(13-19)32-17-31-24/h3-11,13-17H,12H2,1-2H3,(H,31,32)(H,33,36). The first-order valence-corrected chi connectivity index (χ1v) is 14.1. The molecule has 0 bridgehead atoms. The van der Waals surface area contributed by atoms with Crippen LogP contribution in [0, 0.1) is 6.92 Å². The topological polar surface area (TPSA) is 122 Å². The molecule has 6 rings (SSSR count). The molecule has 6 aromatic rings. The average Bonchev–Trinajstić information content (AvgIpc) is 3.56. The Morgan fingerprint density at radius 2 is 1.87 bits per heavy atom. The molecule has 2 aromatic carbocycles. The summed E-state index contributed by atoms with van der Waals surface area (Å²) < 4.78 is 26.4. The highest BCUT2D eigenvalue weighted by molar-refractivity contribution is 7.90. The van der Waals surface area contributed by atoms with Gasteiger partial charge in [-0.15, -0.1) is 0 Å². The molecule has 0 saturated carbocycles. The summed E-state index contributed by atoms with van der Waals surface area (Å²) in [5, 5.41) is 2.89. The fourth-order valence-electron chi connectivity index (χ4n) is 4.55. The van der Waals surface area contributed by atoms with Crippen LogP contribution in [0.25, 0.3) is 27.9 Å². The number of aromatic nitrogens is 5. The summed E-state index contributed by atoms with van der Waals surface area (Å²) in [7, 11) is -3.51. The van der Waals surface area contributed by atoms with Gasteiger partial charge in [0.05, 0.1) is 28.0 Å². The number of H-pyrrole nitrogens is 1. The van der Waals surface area contributed by atoms with E-state index < -0.39 is 15.7 Å². The van der Waals surface area contributed by atoms with Gasteiger partial charge >= 0.3 is 0 Å². The quantitative estimate of drug-likeness (QED) is 0.315. The van der Waals surface area contributed by atoms with E-state index in [4.69, 9.17) is 4.98 Å². The molecule has 0 unspecified atom stereocenters. The minimum absolute atomic E-state index is 0.0590. The SMILES string of the molecule is Cc1cccn2cc(-c3ccc(NC(=O)c4ncc(S(C)(=O)=O)cc4Cc4ccc5nc[nH]c5c4)cc3)nc12. The van der Waals surface area contributed by atoms with Crippen molar-refractivity contribution in [1.82, 2.24) is 24.3 Å². The first-order chi connectivity index (χ1) is 18.7. The molecule has 9 nitrogen and oxygen atoms in total. The molecular formula is C29H24N6O3S. The van der Waals surface area contributed by atoms with Crippen LogP contribution < -0.4 is 5.32 Å². The molecule has 0 spiro atoms. The van der Waals surface area contributed by atoms with Gasteiger partial charge in [-0.2, -0.15) is 0 Å². The molecule has 10 heteroatoms. The Labute approximate surface area is 224 Å². The first-order valence-electron chi connectivity index (χ1n) is 12.2. The molecule has 0 fully saturated rings. The molecule has 39 heavy (non-hydrogen) atoms. The molecule has 0 radical (unpaired) electrons. The average molecular weight is 537 g/mol. The van der Waals surface area contributed by atoms with Crippen molar-refractivity contribution in [3.8, 4) is 11.3 Å². The van der Waals surface area contributed by atoms with Crippen molar-refractivity contribution >= 4 is 38.1 Å².